The Hall–Kier alpha value is -1.03. The van der Waals surface area contributed by atoms with Gasteiger partial charge in [-0.3, -0.25) is 0 Å². The standard InChI is InChI=1S/C10H16O4/c1-13-10(12)14-9-5-3-2-4-8(11)6-7-9/h3,5,8-9,11H,2,4,6-7H2,1H3/b5-3+. The fourth-order valence-electron chi connectivity index (χ4n) is 1.40. The maximum atomic E-state index is 10.8. The molecular formula is C10H16O4. The van der Waals surface area contributed by atoms with Crippen molar-refractivity contribution in [1.29, 1.82) is 0 Å². The lowest BCUT2D eigenvalue weighted by Gasteiger charge is -2.17. The SMILES string of the molecule is COC(=O)OC1/C=C/CCC(O)CC1. The minimum Gasteiger partial charge on any atom is -0.438 e. The molecule has 2 atom stereocenters. The van der Waals surface area contributed by atoms with Crippen LogP contribution in [0.4, 0.5) is 4.79 Å². The topological polar surface area (TPSA) is 55.8 Å². The van der Waals surface area contributed by atoms with Crippen LogP contribution in [0, 0.1) is 0 Å². The molecule has 0 aromatic carbocycles. The Morgan fingerprint density at radius 1 is 1.43 bits per heavy atom. The molecule has 80 valence electrons. The molecule has 0 aliphatic heterocycles. The van der Waals surface area contributed by atoms with E-state index in [0.29, 0.717) is 12.8 Å². The van der Waals surface area contributed by atoms with E-state index in [-0.39, 0.29) is 12.2 Å². The number of ether oxygens (including phenoxy) is 2. The van der Waals surface area contributed by atoms with Gasteiger partial charge in [-0.05, 0) is 31.8 Å². The Balaban J connectivity index is 2.42. The van der Waals surface area contributed by atoms with E-state index in [1.165, 1.54) is 7.11 Å². The highest BCUT2D eigenvalue weighted by molar-refractivity contribution is 5.60. The average Bonchev–Trinajstić information content (AvgIpc) is 2.16. The number of allylic oxidation sites excluding steroid dienone is 1. The molecule has 0 aromatic rings. The molecule has 0 heterocycles. The summed E-state index contributed by atoms with van der Waals surface area (Å²) in [4.78, 5) is 10.8. The lowest BCUT2D eigenvalue weighted by Crippen LogP contribution is -2.20. The number of carbonyl (C=O) groups is 1. The zero-order valence-corrected chi connectivity index (χ0v) is 8.31. The summed E-state index contributed by atoms with van der Waals surface area (Å²) in [5, 5.41) is 9.42. The lowest BCUT2D eigenvalue weighted by atomic mass is 10.0. The molecule has 2 unspecified atom stereocenters. The van der Waals surface area contributed by atoms with Gasteiger partial charge in [0.2, 0.25) is 0 Å². The molecule has 0 spiro atoms. The van der Waals surface area contributed by atoms with Gasteiger partial charge in [0.1, 0.15) is 6.10 Å². The Labute approximate surface area is 83.5 Å². The summed E-state index contributed by atoms with van der Waals surface area (Å²) in [7, 11) is 1.28. The van der Waals surface area contributed by atoms with E-state index in [1.54, 1.807) is 0 Å². The summed E-state index contributed by atoms with van der Waals surface area (Å²) >= 11 is 0. The molecule has 1 aliphatic rings. The van der Waals surface area contributed by atoms with Crippen LogP contribution >= 0.6 is 0 Å². The molecule has 1 aliphatic carbocycles. The van der Waals surface area contributed by atoms with Crippen LogP contribution in [0.5, 0.6) is 0 Å². The van der Waals surface area contributed by atoms with Crippen LogP contribution in [0.15, 0.2) is 12.2 Å². The van der Waals surface area contributed by atoms with Crippen LogP contribution in [-0.2, 0) is 9.47 Å². The number of aliphatic hydroxyl groups excluding tert-OH is 1. The molecule has 0 saturated carbocycles. The maximum Gasteiger partial charge on any atom is 0.508 e. The number of hydrogen-bond acceptors (Lipinski definition) is 4. The molecule has 0 bridgehead atoms. The predicted molar refractivity (Wildman–Crippen MR) is 50.9 cm³/mol. The van der Waals surface area contributed by atoms with E-state index in [9.17, 15) is 9.90 Å². The summed E-state index contributed by atoms with van der Waals surface area (Å²) in [6, 6.07) is 0. The summed E-state index contributed by atoms with van der Waals surface area (Å²) < 4.78 is 9.36. The molecule has 1 N–H and O–H groups in total. The molecule has 4 heteroatoms. The number of rotatable bonds is 1. The molecule has 0 fully saturated rings. The molecule has 0 radical (unpaired) electrons. The van der Waals surface area contributed by atoms with Gasteiger partial charge in [-0.1, -0.05) is 6.08 Å². The van der Waals surface area contributed by atoms with Gasteiger partial charge < -0.3 is 14.6 Å². The Bertz CT molecular complexity index is 212. The number of methoxy groups -OCH3 is 1. The molecule has 0 amide bonds. The minimum atomic E-state index is -0.672. The third-order valence-corrected chi connectivity index (χ3v) is 2.22. The van der Waals surface area contributed by atoms with Crippen molar-refractivity contribution in [2.45, 2.75) is 37.9 Å². The van der Waals surface area contributed by atoms with Crippen molar-refractivity contribution in [2.75, 3.05) is 7.11 Å². The molecular weight excluding hydrogens is 184 g/mol. The third-order valence-electron chi connectivity index (χ3n) is 2.22. The second-order valence-corrected chi connectivity index (χ2v) is 3.35. The zero-order chi connectivity index (χ0) is 10.4. The molecule has 0 saturated heterocycles. The van der Waals surface area contributed by atoms with Gasteiger partial charge in [0.05, 0.1) is 13.2 Å². The largest absolute Gasteiger partial charge is 0.508 e. The summed E-state index contributed by atoms with van der Waals surface area (Å²) in [5.74, 6) is 0. The van der Waals surface area contributed by atoms with Crippen LogP contribution in [0.1, 0.15) is 25.7 Å². The first-order valence-corrected chi connectivity index (χ1v) is 4.81. The number of hydrogen-bond donors (Lipinski definition) is 1. The van der Waals surface area contributed by atoms with Gasteiger partial charge in [-0.15, -0.1) is 0 Å². The Kier molecular flexibility index (Phi) is 4.46. The van der Waals surface area contributed by atoms with Crippen molar-refractivity contribution in [2.24, 2.45) is 0 Å². The van der Waals surface area contributed by atoms with Crippen molar-refractivity contribution in [1.82, 2.24) is 0 Å². The van der Waals surface area contributed by atoms with Crippen molar-refractivity contribution < 1.29 is 19.4 Å². The summed E-state index contributed by atoms with van der Waals surface area (Å²) in [6.45, 7) is 0. The molecule has 14 heavy (non-hydrogen) atoms. The van der Waals surface area contributed by atoms with E-state index >= 15 is 0 Å². The molecule has 1 rings (SSSR count). The van der Waals surface area contributed by atoms with Crippen LogP contribution in [0.25, 0.3) is 0 Å². The summed E-state index contributed by atoms with van der Waals surface area (Å²) in [6.07, 6.45) is 5.46. The van der Waals surface area contributed by atoms with Gasteiger partial charge in [0.25, 0.3) is 0 Å². The van der Waals surface area contributed by atoms with E-state index < -0.39 is 6.16 Å². The van der Waals surface area contributed by atoms with Crippen LogP contribution in [0.3, 0.4) is 0 Å². The highest BCUT2D eigenvalue weighted by Gasteiger charge is 2.15. The smallest absolute Gasteiger partial charge is 0.438 e. The van der Waals surface area contributed by atoms with Crippen molar-refractivity contribution in [3.8, 4) is 0 Å². The highest BCUT2D eigenvalue weighted by atomic mass is 16.7. The van der Waals surface area contributed by atoms with Crippen LogP contribution in [-0.4, -0.2) is 30.6 Å². The monoisotopic (exact) mass is 200 g/mol. The fraction of sp³-hybridized carbons (Fsp3) is 0.700. The minimum absolute atomic E-state index is 0.266. The Morgan fingerprint density at radius 3 is 2.93 bits per heavy atom. The van der Waals surface area contributed by atoms with Gasteiger partial charge in [0.15, 0.2) is 0 Å². The molecule has 0 aromatic heterocycles. The van der Waals surface area contributed by atoms with E-state index in [0.717, 1.165) is 12.8 Å². The van der Waals surface area contributed by atoms with Crippen molar-refractivity contribution >= 4 is 6.16 Å². The summed E-state index contributed by atoms with van der Waals surface area (Å²) in [5.41, 5.74) is 0. The first kappa shape index (κ1) is 11.0. The number of carbonyl (C=O) groups excluding carboxylic acids is 1. The normalized spacial score (nSPS) is 29.9. The predicted octanol–water partition coefficient (Wildman–Crippen LogP) is 1.63. The van der Waals surface area contributed by atoms with Crippen molar-refractivity contribution in [3.05, 3.63) is 12.2 Å². The highest BCUT2D eigenvalue weighted by Crippen LogP contribution is 2.15. The lowest BCUT2D eigenvalue weighted by molar-refractivity contribution is 0.0418. The third kappa shape index (κ3) is 3.79. The first-order valence-electron chi connectivity index (χ1n) is 4.81. The molecule has 4 nitrogen and oxygen atoms in total. The second-order valence-electron chi connectivity index (χ2n) is 3.35. The van der Waals surface area contributed by atoms with Gasteiger partial charge in [-0.2, -0.15) is 0 Å². The maximum absolute atomic E-state index is 10.8. The van der Waals surface area contributed by atoms with Gasteiger partial charge in [-0.25, -0.2) is 4.79 Å². The zero-order valence-electron chi connectivity index (χ0n) is 8.31. The van der Waals surface area contributed by atoms with Crippen LogP contribution < -0.4 is 0 Å². The number of aliphatic hydroxyl groups is 1. The van der Waals surface area contributed by atoms with E-state index in [4.69, 9.17) is 4.74 Å². The second kappa shape index (κ2) is 5.65. The average molecular weight is 200 g/mol. The first-order chi connectivity index (χ1) is 6.72. The van der Waals surface area contributed by atoms with E-state index in [1.807, 2.05) is 12.2 Å². The fourth-order valence-corrected chi connectivity index (χ4v) is 1.40. The van der Waals surface area contributed by atoms with Gasteiger partial charge >= 0.3 is 6.16 Å². The van der Waals surface area contributed by atoms with Crippen molar-refractivity contribution in [3.63, 3.8) is 0 Å². The van der Waals surface area contributed by atoms with Gasteiger partial charge in [0, 0.05) is 0 Å². The quantitative estimate of drug-likeness (QED) is 0.516. The van der Waals surface area contributed by atoms with Crippen LogP contribution in [0.2, 0.25) is 0 Å². The Morgan fingerprint density at radius 2 is 2.21 bits per heavy atom. The van der Waals surface area contributed by atoms with E-state index in [2.05, 4.69) is 4.74 Å².